The first-order valence-electron chi connectivity index (χ1n) is 8.16. The van der Waals surface area contributed by atoms with Crippen molar-refractivity contribution in [2.75, 3.05) is 26.9 Å². The molecule has 0 aromatic carbocycles. The molecule has 1 saturated carbocycles. The number of carbonyl (C=O) groups excluding carboxylic acids is 1. The van der Waals surface area contributed by atoms with Gasteiger partial charge >= 0.3 is 5.97 Å². The number of rotatable bonds is 8. The van der Waals surface area contributed by atoms with Crippen LogP contribution in [-0.4, -0.2) is 60.9 Å². The summed E-state index contributed by atoms with van der Waals surface area (Å²) in [6.07, 6.45) is 4.09. The van der Waals surface area contributed by atoms with Crippen LogP contribution in [0.2, 0.25) is 0 Å². The predicted molar refractivity (Wildman–Crippen MR) is 80.6 cm³/mol. The highest BCUT2D eigenvalue weighted by molar-refractivity contribution is 5.85. The van der Waals surface area contributed by atoms with Crippen LogP contribution in [0.1, 0.15) is 45.4 Å². The van der Waals surface area contributed by atoms with E-state index in [0.717, 1.165) is 25.7 Å². The van der Waals surface area contributed by atoms with Crippen LogP contribution < -0.4 is 0 Å². The SMILES string of the molecule is CCOCCC1(C(=O)N2CC(OC)CC2CC(=O)O)CCC1. The van der Waals surface area contributed by atoms with Crippen molar-refractivity contribution < 1.29 is 24.2 Å². The van der Waals surface area contributed by atoms with Gasteiger partial charge in [-0.1, -0.05) is 6.42 Å². The van der Waals surface area contributed by atoms with Crippen molar-refractivity contribution in [2.24, 2.45) is 5.41 Å². The van der Waals surface area contributed by atoms with E-state index in [2.05, 4.69) is 0 Å². The summed E-state index contributed by atoms with van der Waals surface area (Å²) in [5.41, 5.74) is -0.339. The molecule has 2 unspecified atom stereocenters. The van der Waals surface area contributed by atoms with E-state index in [1.165, 1.54) is 0 Å². The molecule has 6 nitrogen and oxygen atoms in total. The third kappa shape index (κ3) is 3.60. The van der Waals surface area contributed by atoms with Crippen LogP contribution >= 0.6 is 0 Å². The van der Waals surface area contributed by atoms with Gasteiger partial charge in [0.2, 0.25) is 5.91 Å². The quantitative estimate of drug-likeness (QED) is 0.690. The zero-order chi connectivity index (χ0) is 16.2. The summed E-state index contributed by atoms with van der Waals surface area (Å²) in [7, 11) is 1.62. The molecule has 2 aliphatic rings. The Kier molecular flexibility index (Phi) is 5.81. The van der Waals surface area contributed by atoms with Gasteiger partial charge < -0.3 is 19.5 Å². The number of carboxylic acids is 1. The standard InChI is InChI=1S/C16H27NO5/c1-3-22-8-7-16(5-4-6-16)15(20)17-11-13(21-2)9-12(17)10-14(18)19/h12-13H,3-11H2,1-2H3,(H,18,19). The average molecular weight is 313 g/mol. The van der Waals surface area contributed by atoms with Crippen molar-refractivity contribution in [3.05, 3.63) is 0 Å². The van der Waals surface area contributed by atoms with Crippen LogP contribution in [-0.2, 0) is 19.1 Å². The lowest BCUT2D eigenvalue weighted by Gasteiger charge is -2.44. The minimum absolute atomic E-state index is 0.00681. The summed E-state index contributed by atoms with van der Waals surface area (Å²) in [5.74, 6) is -0.763. The van der Waals surface area contributed by atoms with E-state index < -0.39 is 5.97 Å². The van der Waals surface area contributed by atoms with Crippen LogP contribution in [0.5, 0.6) is 0 Å². The van der Waals surface area contributed by atoms with E-state index in [1.54, 1.807) is 12.0 Å². The molecular formula is C16H27NO5. The van der Waals surface area contributed by atoms with Crippen molar-refractivity contribution in [3.63, 3.8) is 0 Å². The summed E-state index contributed by atoms with van der Waals surface area (Å²) in [5, 5.41) is 9.08. The van der Waals surface area contributed by atoms with Gasteiger partial charge in [0.15, 0.2) is 0 Å². The zero-order valence-corrected chi connectivity index (χ0v) is 13.5. The Morgan fingerprint density at radius 2 is 2.09 bits per heavy atom. The van der Waals surface area contributed by atoms with E-state index >= 15 is 0 Å². The lowest BCUT2D eigenvalue weighted by Crippen LogP contribution is -2.50. The van der Waals surface area contributed by atoms with Crippen molar-refractivity contribution in [1.29, 1.82) is 0 Å². The Morgan fingerprint density at radius 1 is 1.36 bits per heavy atom. The first kappa shape index (κ1) is 17.2. The summed E-state index contributed by atoms with van der Waals surface area (Å²) in [6, 6.07) is -0.250. The number of likely N-dealkylation sites (tertiary alicyclic amines) is 1. The molecule has 0 aromatic rings. The number of carbonyl (C=O) groups is 2. The Morgan fingerprint density at radius 3 is 2.59 bits per heavy atom. The lowest BCUT2D eigenvalue weighted by atomic mass is 9.65. The van der Waals surface area contributed by atoms with Gasteiger partial charge in [-0.3, -0.25) is 9.59 Å². The molecule has 126 valence electrons. The number of ether oxygens (including phenoxy) is 2. The topological polar surface area (TPSA) is 76.1 Å². The van der Waals surface area contributed by atoms with E-state index in [1.807, 2.05) is 6.92 Å². The first-order chi connectivity index (χ1) is 10.5. The van der Waals surface area contributed by atoms with E-state index in [0.29, 0.717) is 26.2 Å². The van der Waals surface area contributed by atoms with E-state index in [4.69, 9.17) is 14.6 Å². The van der Waals surface area contributed by atoms with E-state index in [9.17, 15) is 9.59 Å². The molecule has 0 aromatic heterocycles. The minimum atomic E-state index is -0.864. The number of carboxylic acid groups (broad SMARTS) is 1. The molecule has 1 aliphatic heterocycles. The highest BCUT2D eigenvalue weighted by Gasteiger charge is 2.49. The maximum absolute atomic E-state index is 13.0. The highest BCUT2D eigenvalue weighted by Crippen LogP contribution is 2.46. The zero-order valence-electron chi connectivity index (χ0n) is 13.5. The molecular weight excluding hydrogens is 286 g/mol. The van der Waals surface area contributed by atoms with Crippen molar-refractivity contribution in [1.82, 2.24) is 4.90 Å². The maximum atomic E-state index is 13.0. The second kappa shape index (κ2) is 7.42. The number of methoxy groups -OCH3 is 1. The summed E-state index contributed by atoms with van der Waals surface area (Å²) in [6.45, 7) is 3.69. The Hall–Kier alpha value is -1.14. The number of amides is 1. The number of aliphatic carboxylic acids is 1. The van der Waals surface area contributed by atoms with E-state index in [-0.39, 0.29) is 29.9 Å². The van der Waals surface area contributed by atoms with Gasteiger partial charge in [0.1, 0.15) is 0 Å². The molecule has 1 saturated heterocycles. The van der Waals surface area contributed by atoms with Crippen LogP contribution in [0.25, 0.3) is 0 Å². The fourth-order valence-corrected chi connectivity index (χ4v) is 3.58. The Labute approximate surface area is 131 Å². The number of nitrogens with zero attached hydrogens (tertiary/aromatic N) is 1. The van der Waals surface area contributed by atoms with Gasteiger partial charge in [-0.05, 0) is 32.6 Å². The molecule has 2 rings (SSSR count). The normalized spacial score (nSPS) is 26.7. The summed E-state index contributed by atoms with van der Waals surface area (Å²) >= 11 is 0. The molecule has 1 N–H and O–H groups in total. The third-order valence-electron chi connectivity index (χ3n) is 5.07. The largest absolute Gasteiger partial charge is 0.481 e. The molecule has 0 spiro atoms. The monoisotopic (exact) mass is 313 g/mol. The molecule has 0 radical (unpaired) electrons. The Balaban J connectivity index is 2.05. The molecule has 0 bridgehead atoms. The lowest BCUT2D eigenvalue weighted by molar-refractivity contribution is -0.151. The number of hydrogen-bond donors (Lipinski definition) is 1. The smallest absolute Gasteiger partial charge is 0.305 e. The highest BCUT2D eigenvalue weighted by atomic mass is 16.5. The van der Waals surface area contributed by atoms with Gasteiger partial charge in [0, 0.05) is 32.9 Å². The first-order valence-corrected chi connectivity index (χ1v) is 8.16. The Bertz CT molecular complexity index is 407. The van der Waals surface area contributed by atoms with Crippen molar-refractivity contribution in [3.8, 4) is 0 Å². The number of hydrogen-bond acceptors (Lipinski definition) is 4. The minimum Gasteiger partial charge on any atom is -0.481 e. The molecule has 2 atom stereocenters. The van der Waals surface area contributed by atoms with Crippen LogP contribution in [0.15, 0.2) is 0 Å². The maximum Gasteiger partial charge on any atom is 0.305 e. The third-order valence-corrected chi connectivity index (χ3v) is 5.07. The summed E-state index contributed by atoms with van der Waals surface area (Å²) < 4.78 is 10.8. The second-order valence-electron chi connectivity index (χ2n) is 6.38. The fraction of sp³-hybridized carbons (Fsp3) is 0.875. The predicted octanol–water partition coefficient (Wildman–Crippen LogP) is 1.67. The molecule has 6 heteroatoms. The van der Waals surface area contributed by atoms with Crippen molar-refractivity contribution in [2.45, 2.75) is 57.6 Å². The second-order valence-corrected chi connectivity index (χ2v) is 6.38. The summed E-state index contributed by atoms with van der Waals surface area (Å²) in [4.78, 5) is 25.8. The average Bonchev–Trinajstić information content (AvgIpc) is 2.83. The van der Waals surface area contributed by atoms with Gasteiger partial charge in [0.05, 0.1) is 17.9 Å². The molecule has 1 amide bonds. The van der Waals surface area contributed by atoms with Crippen LogP contribution in [0, 0.1) is 5.41 Å². The van der Waals surface area contributed by atoms with Gasteiger partial charge in [-0.25, -0.2) is 0 Å². The van der Waals surface area contributed by atoms with Gasteiger partial charge in [0.25, 0.3) is 0 Å². The van der Waals surface area contributed by atoms with Crippen LogP contribution in [0.3, 0.4) is 0 Å². The molecule has 22 heavy (non-hydrogen) atoms. The van der Waals surface area contributed by atoms with Crippen LogP contribution in [0.4, 0.5) is 0 Å². The van der Waals surface area contributed by atoms with Crippen molar-refractivity contribution >= 4 is 11.9 Å². The van der Waals surface area contributed by atoms with Gasteiger partial charge in [-0.2, -0.15) is 0 Å². The fourth-order valence-electron chi connectivity index (χ4n) is 3.58. The molecule has 2 fully saturated rings. The molecule has 1 heterocycles. The molecule has 1 aliphatic carbocycles. The van der Waals surface area contributed by atoms with Gasteiger partial charge in [-0.15, -0.1) is 0 Å².